The molecule has 5 rings (SSSR count). The third kappa shape index (κ3) is 5.14. The fourth-order valence-corrected chi connectivity index (χ4v) is 9.79. The highest BCUT2D eigenvalue weighted by atomic mass is 16.6. The molecule has 220 valence electrons. The zero-order valence-electron chi connectivity index (χ0n) is 25.1. The summed E-state index contributed by atoms with van der Waals surface area (Å²) in [6.07, 6.45) is 12.6. The SMILES string of the molecule is CC(C)CCC[C@@H](C)[C@H]1CC[C@H]2[C@@H]3CC=C4C[C@H](O)CC(OC(=O)c5ccc([N+](=O)[O-])cc5)[C@]4(C)[C@H]3CC[C@]12C. The van der Waals surface area contributed by atoms with Crippen LogP contribution in [0.2, 0.25) is 0 Å². The molecule has 0 amide bonds. The molecule has 4 aliphatic carbocycles. The molecular formula is C34H49NO5. The molecule has 4 aliphatic rings. The fourth-order valence-electron chi connectivity index (χ4n) is 9.79. The Kier molecular flexibility index (Phi) is 8.22. The average molecular weight is 552 g/mol. The van der Waals surface area contributed by atoms with E-state index in [1.807, 2.05) is 0 Å². The van der Waals surface area contributed by atoms with Gasteiger partial charge in [-0.25, -0.2) is 4.79 Å². The first-order valence-corrected chi connectivity index (χ1v) is 15.8. The van der Waals surface area contributed by atoms with E-state index < -0.39 is 23.1 Å². The maximum atomic E-state index is 13.3. The highest BCUT2D eigenvalue weighted by molar-refractivity contribution is 5.89. The molecule has 0 aromatic heterocycles. The van der Waals surface area contributed by atoms with E-state index in [1.165, 1.54) is 68.4 Å². The lowest BCUT2D eigenvalue weighted by Gasteiger charge is -2.60. The number of hydrogen-bond acceptors (Lipinski definition) is 5. The van der Waals surface area contributed by atoms with Gasteiger partial charge in [0.2, 0.25) is 0 Å². The summed E-state index contributed by atoms with van der Waals surface area (Å²) in [7, 11) is 0. The maximum absolute atomic E-state index is 13.3. The Morgan fingerprint density at radius 1 is 1.10 bits per heavy atom. The summed E-state index contributed by atoms with van der Waals surface area (Å²) < 4.78 is 6.22. The Morgan fingerprint density at radius 3 is 2.50 bits per heavy atom. The van der Waals surface area contributed by atoms with Crippen molar-refractivity contribution in [2.24, 2.45) is 46.3 Å². The predicted molar refractivity (Wildman–Crippen MR) is 157 cm³/mol. The van der Waals surface area contributed by atoms with Crippen molar-refractivity contribution in [2.75, 3.05) is 0 Å². The summed E-state index contributed by atoms with van der Waals surface area (Å²) in [5.41, 5.74) is 1.61. The lowest BCUT2D eigenvalue weighted by atomic mass is 9.46. The summed E-state index contributed by atoms with van der Waals surface area (Å²) in [5.74, 6) is 3.56. The summed E-state index contributed by atoms with van der Waals surface area (Å²) in [5, 5.41) is 21.8. The summed E-state index contributed by atoms with van der Waals surface area (Å²) in [6, 6.07) is 5.63. The van der Waals surface area contributed by atoms with Crippen LogP contribution in [0.1, 0.15) is 109 Å². The van der Waals surface area contributed by atoms with Crippen molar-refractivity contribution in [1.82, 2.24) is 0 Å². The van der Waals surface area contributed by atoms with Crippen molar-refractivity contribution >= 4 is 11.7 Å². The number of aliphatic hydroxyl groups is 1. The number of ether oxygens (including phenoxy) is 1. The van der Waals surface area contributed by atoms with E-state index in [-0.39, 0.29) is 11.1 Å². The standard InChI is InChI=1S/C34H49NO5/c1-21(2)7-6-8-22(3)28-15-16-29-27-14-11-24-19-26(36)20-31(34(24,5)30(27)17-18-33(28,29)4)40-32(37)23-9-12-25(13-10-23)35(38)39/h9-13,21-22,26-31,36H,6-8,14-20H2,1-5H3/t22-,26+,27+,28-,29+,30+,31?,33-,34+/m1/s1. The van der Waals surface area contributed by atoms with Crippen LogP contribution in [0, 0.1) is 56.5 Å². The molecule has 0 aliphatic heterocycles. The minimum absolute atomic E-state index is 0.0497. The largest absolute Gasteiger partial charge is 0.458 e. The second kappa shape index (κ2) is 11.2. The summed E-state index contributed by atoms with van der Waals surface area (Å²) in [6.45, 7) is 12.0. The van der Waals surface area contributed by atoms with E-state index in [0.29, 0.717) is 41.6 Å². The van der Waals surface area contributed by atoms with Crippen LogP contribution in [0.4, 0.5) is 5.69 Å². The molecule has 1 unspecified atom stereocenters. The number of allylic oxidation sites excluding steroid dienone is 1. The smallest absolute Gasteiger partial charge is 0.338 e. The Balaban J connectivity index is 1.36. The van der Waals surface area contributed by atoms with Gasteiger partial charge < -0.3 is 9.84 Å². The minimum Gasteiger partial charge on any atom is -0.458 e. The second-order valence-electron chi connectivity index (χ2n) is 14.4. The van der Waals surface area contributed by atoms with Gasteiger partial charge in [-0.2, -0.15) is 0 Å². The number of esters is 1. The lowest BCUT2D eigenvalue weighted by Crippen LogP contribution is -2.56. The fraction of sp³-hybridized carbons (Fsp3) is 0.735. The minimum atomic E-state index is -0.526. The number of carbonyl (C=O) groups is 1. The summed E-state index contributed by atoms with van der Waals surface area (Å²) >= 11 is 0. The normalized spacial score (nSPS) is 37.6. The van der Waals surface area contributed by atoms with Crippen LogP contribution in [0.15, 0.2) is 35.9 Å². The molecule has 3 fully saturated rings. The van der Waals surface area contributed by atoms with Crippen molar-refractivity contribution in [1.29, 1.82) is 0 Å². The molecular weight excluding hydrogens is 502 g/mol. The van der Waals surface area contributed by atoms with Gasteiger partial charge in [0.25, 0.3) is 5.69 Å². The topological polar surface area (TPSA) is 89.7 Å². The monoisotopic (exact) mass is 551 g/mol. The number of non-ortho nitro benzene ring substituents is 1. The number of nitro benzene ring substituents is 1. The van der Waals surface area contributed by atoms with Gasteiger partial charge in [0, 0.05) is 24.0 Å². The molecule has 0 saturated heterocycles. The first-order valence-electron chi connectivity index (χ1n) is 15.8. The van der Waals surface area contributed by atoms with Crippen molar-refractivity contribution in [3.63, 3.8) is 0 Å². The number of benzene rings is 1. The molecule has 1 N–H and O–H groups in total. The second-order valence-corrected chi connectivity index (χ2v) is 14.4. The number of fused-ring (bicyclic) bond motifs is 5. The number of rotatable bonds is 8. The Labute approximate surface area is 240 Å². The maximum Gasteiger partial charge on any atom is 0.338 e. The third-order valence-electron chi connectivity index (χ3n) is 11.9. The number of nitro groups is 1. The predicted octanol–water partition coefficient (Wildman–Crippen LogP) is 8.13. The van der Waals surface area contributed by atoms with Crippen LogP contribution in [-0.2, 0) is 4.74 Å². The van der Waals surface area contributed by atoms with Crippen LogP contribution in [0.3, 0.4) is 0 Å². The van der Waals surface area contributed by atoms with E-state index in [2.05, 4.69) is 40.7 Å². The molecule has 3 saturated carbocycles. The van der Waals surface area contributed by atoms with Crippen molar-refractivity contribution < 1.29 is 19.6 Å². The molecule has 0 radical (unpaired) electrons. The van der Waals surface area contributed by atoms with E-state index in [1.54, 1.807) is 0 Å². The Morgan fingerprint density at radius 2 is 1.82 bits per heavy atom. The van der Waals surface area contributed by atoms with Gasteiger partial charge in [0.15, 0.2) is 0 Å². The van der Waals surface area contributed by atoms with Gasteiger partial charge >= 0.3 is 5.97 Å². The molecule has 6 nitrogen and oxygen atoms in total. The number of hydrogen-bond donors (Lipinski definition) is 1. The van der Waals surface area contributed by atoms with E-state index in [4.69, 9.17) is 4.74 Å². The highest BCUT2D eigenvalue weighted by Gasteiger charge is 2.61. The first-order chi connectivity index (χ1) is 18.9. The quantitative estimate of drug-likeness (QED) is 0.152. The van der Waals surface area contributed by atoms with E-state index in [0.717, 1.165) is 30.6 Å². The Bertz CT molecular complexity index is 1130. The van der Waals surface area contributed by atoms with Gasteiger partial charge in [-0.1, -0.05) is 65.5 Å². The summed E-state index contributed by atoms with van der Waals surface area (Å²) in [4.78, 5) is 23.8. The molecule has 0 spiro atoms. The molecule has 1 aromatic rings. The van der Waals surface area contributed by atoms with Crippen LogP contribution < -0.4 is 0 Å². The Hall–Kier alpha value is -2.21. The van der Waals surface area contributed by atoms with Crippen molar-refractivity contribution in [2.45, 2.75) is 111 Å². The molecule has 0 heterocycles. The van der Waals surface area contributed by atoms with E-state index >= 15 is 0 Å². The number of aliphatic hydroxyl groups excluding tert-OH is 1. The molecule has 9 atom stereocenters. The molecule has 40 heavy (non-hydrogen) atoms. The van der Waals surface area contributed by atoms with Crippen LogP contribution >= 0.6 is 0 Å². The lowest BCUT2D eigenvalue weighted by molar-refractivity contribution is -0.384. The molecule has 6 heteroatoms. The first kappa shape index (κ1) is 29.3. The van der Waals surface area contributed by atoms with Gasteiger partial charge in [-0.3, -0.25) is 10.1 Å². The van der Waals surface area contributed by atoms with Crippen LogP contribution in [-0.4, -0.2) is 28.2 Å². The van der Waals surface area contributed by atoms with Gasteiger partial charge in [-0.05, 0) is 91.6 Å². The van der Waals surface area contributed by atoms with Crippen molar-refractivity contribution in [3.05, 3.63) is 51.6 Å². The van der Waals surface area contributed by atoms with Crippen molar-refractivity contribution in [3.8, 4) is 0 Å². The van der Waals surface area contributed by atoms with E-state index in [9.17, 15) is 20.0 Å². The number of carbonyl (C=O) groups excluding carboxylic acids is 1. The molecule has 0 bridgehead atoms. The highest BCUT2D eigenvalue weighted by Crippen LogP contribution is 2.67. The van der Waals surface area contributed by atoms with Gasteiger partial charge in [-0.15, -0.1) is 0 Å². The third-order valence-corrected chi connectivity index (χ3v) is 11.9. The van der Waals surface area contributed by atoms with Crippen LogP contribution in [0.5, 0.6) is 0 Å². The average Bonchev–Trinajstić information content (AvgIpc) is 3.26. The van der Waals surface area contributed by atoms with Crippen LogP contribution in [0.25, 0.3) is 0 Å². The van der Waals surface area contributed by atoms with Gasteiger partial charge in [0.1, 0.15) is 6.10 Å². The molecule has 1 aromatic carbocycles. The zero-order valence-corrected chi connectivity index (χ0v) is 25.1. The van der Waals surface area contributed by atoms with Gasteiger partial charge in [0.05, 0.1) is 16.6 Å². The zero-order chi connectivity index (χ0) is 28.8. The number of nitrogens with zero attached hydrogens (tertiary/aromatic N) is 1.